The van der Waals surface area contributed by atoms with Gasteiger partial charge in [0, 0.05) is 39.7 Å². The van der Waals surface area contributed by atoms with E-state index in [0.29, 0.717) is 44.9 Å². The number of anilines is 1. The molecule has 0 aliphatic heterocycles. The van der Waals surface area contributed by atoms with Crippen molar-refractivity contribution in [2.24, 2.45) is 11.8 Å². The number of carboxylic acid groups (broad SMARTS) is 1. The Morgan fingerprint density at radius 3 is 2.63 bits per heavy atom. The molecule has 1 atom stereocenters. The van der Waals surface area contributed by atoms with Crippen LogP contribution >= 0.6 is 22.9 Å². The van der Waals surface area contributed by atoms with Crippen molar-refractivity contribution in [1.82, 2.24) is 9.97 Å². The first-order valence-electron chi connectivity index (χ1n) is 12.8. The van der Waals surface area contributed by atoms with Crippen LogP contribution in [0.15, 0.2) is 35.8 Å². The molecule has 1 aromatic carbocycles. The summed E-state index contributed by atoms with van der Waals surface area (Å²) in [6.07, 6.45) is 8.05. The summed E-state index contributed by atoms with van der Waals surface area (Å²) in [5.41, 5.74) is 2.51. The molecule has 2 aliphatic carbocycles. The van der Waals surface area contributed by atoms with Crippen molar-refractivity contribution >= 4 is 39.9 Å². The number of aliphatic carboxylic acids is 1. The Bertz CT molecular complexity index is 1340. The van der Waals surface area contributed by atoms with Crippen molar-refractivity contribution in [1.29, 1.82) is 0 Å². The molecular weight excluding hydrogens is 529 g/mol. The number of hydrogen-bond donors (Lipinski definition) is 1. The number of thiazole rings is 1. The number of halogens is 2. The fourth-order valence-corrected chi connectivity index (χ4v) is 6.36. The first kappa shape index (κ1) is 26.6. The van der Waals surface area contributed by atoms with Gasteiger partial charge in [-0.15, -0.1) is 11.3 Å². The number of carbonyl (C=O) groups excluding carboxylic acids is 1. The van der Waals surface area contributed by atoms with Crippen LogP contribution in [-0.4, -0.2) is 40.1 Å². The van der Waals surface area contributed by atoms with Gasteiger partial charge in [-0.3, -0.25) is 14.5 Å². The molecule has 2 aromatic heterocycles. The third-order valence-corrected chi connectivity index (χ3v) is 8.35. The number of rotatable bonds is 10. The lowest BCUT2D eigenvalue weighted by Gasteiger charge is -2.26. The van der Waals surface area contributed by atoms with Crippen molar-refractivity contribution < 1.29 is 23.8 Å². The number of pyridine rings is 1. The Kier molecular flexibility index (Phi) is 7.95. The van der Waals surface area contributed by atoms with Gasteiger partial charge in [-0.05, 0) is 48.9 Å². The van der Waals surface area contributed by atoms with Crippen LogP contribution in [0.2, 0.25) is 5.02 Å². The summed E-state index contributed by atoms with van der Waals surface area (Å²) in [5.74, 6) is -1.96. The summed E-state index contributed by atoms with van der Waals surface area (Å²) in [5, 5.41) is 12.4. The number of carbonyl (C=O) groups is 2. The lowest BCUT2D eigenvalue weighted by molar-refractivity contribution is -0.141. The number of amides is 1. The molecule has 1 amide bonds. The number of benzene rings is 1. The molecule has 200 valence electrons. The highest BCUT2D eigenvalue weighted by Gasteiger charge is 2.40. The zero-order valence-corrected chi connectivity index (χ0v) is 22.6. The molecule has 3 aromatic rings. The average molecular weight is 558 g/mol. The molecule has 10 heteroatoms. The molecule has 1 N–H and O–H groups in total. The molecule has 5 rings (SSSR count). The molecular formula is C28H29ClFN3O4S. The molecule has 1 unspecified atom stereocenters. The minimum absolute atomic E-state index is 0.0279. The fourth-order valence-electron chi connectivity index (χ4n) is 5.29. The smallest absolute Gasteiger partial charge is 0.304 e. The summed E-state index contributed by atoms with van der Waals surface area (Å²) >= 11 is 7.67. The topological polar surface area (TPSA) is 92.6 Å². The molecule has 2 saturated carbocycles. The van der Waals surface area contributed by atoms with Gasteiger partial charge < -0.3 is 9.84 Å². The molecule has 0 radical (unpaired) electrons. The molecule has 0 bridgehead atoms. The lowest BCUT2D eigenvalue weighted by atomic mass is 9.90. The van der Waals surface area contributed by atoms with E-state index in [1.54, 1.807) is 23.1 Å². The summed E-state index contributed by atoms with van der Waals surface area (Å²) < 4.78 is 19.4. The van der Waals surface area contributed by atoms with E-state index in [-0.39, 0.29) is 24.2 Å². The number of ether oxygens (including phenoxy) is 1. The SMILES string of the molecule is COc1ncc(-c2ccc(Cl)cc2-c2csc(N(C(=O)C(CC(=O)O)CC3CCCC3)C3CC3)n2)cc1F. The van der Waals surface area contributed by atoms with Crippen LogP contribution in [-0.2, 0) is 9.59 Å². The van der Waals surface area contributed by atoms with Crippen LogP contribution in [0.1, 0.15) is 51.4 Å². The van der Waals surface area contributed by atoms with Crippen LogP contribution < -0.4 is 9.64 Å². The normalized spacial score (nSPS) is 16.4. The number of aromatic nitrogens is 2. The molecule has 38 heavy (non-hydrogen) atoms. The number of hydrogen-bond acceptors (Lipinski definition) is 6. The average Bonchev–Trinajstić information content (AvgIpc) is 3.36. The van der Waals surface area contributed by atoms with Gasteiger partial charge in [0.25, 0.3) is 0 Å². The standard InChI is InChI=1S/C28H29ClFN3O4S/c1-37-26-23(30)11-18(14-31-26)21-9-6-19(29)13-22(21)24-15-38-28(32-24)33(20-7-8-20)27(36)17(12-25(34)35)10-16-4-2-3-5-16/h6,9,11,13-17,20H,2-5,7-8,10,12H2,1H3,(H,34,35). The predicted octanol–water partition coefficient (Wildman–Crippen LogP) is 6.84. The second kappa shape index (κ2) is 11.4. The van der Waals surface area contributed by atoms with Crippen LogP contribution in [0.4, 0.5) is 9.52 Å². The lowest BCUT2D eigenvalue weighted by Crippen LogP contribution is -2.39. The molecule has 0 saturated heterocycles. The molecule has 2 heterocycles. The highest BCUT2D eigenvalue weighted by molar-refractivity contribution is 7.14. The predicted molar refractivity (Wildman–Crippen MR) is 145 cm³/mol. The van der Waals surface area contributed by atoms with E-state index in [0.717, 1.165) is 38.5 Å². The largest absolute Gasteiger partial charge is 0.481 e. The van der Waals surface area contributed by atoms with Gasteiger partial charge in [-0.2, -0.15) is 0 Å². The van der Waals surface area contributed by atoms with Gasteiger partial charge >= 0.3 is 5.97 Å². The van der Waals surface area contributed by atoms with Gasteiger partial charge in [0.05, 0.1) is 19.2 Å². The second-order valence-corrected chi connectivity index (χ2v) is 11.3. The van der Waals surface area contributed by atoms with Crippen molar-refractivity contribution in [3.8, 4) is 28.3 Å². The van der Waals surface area contributed by atoms with E-state index >= 15 is 0 Å². The molecule has 0 spiro atoms. The first-order valence-corrected chi connectivity index (χ1v) is 14.1. The maximum Gasteiger partial charge on any atom is 0.304 e. The Labute approximate surface area is 229 Å². The van der Waals surface area contributed by atoms with E-state index in [1.165, 1.54) is 30.7 Å². The Hall–Kier alpha value is -3.04. The zero-order valence-electron chi connectivity index (χ0n) is 21.0. The van der Waals surface area contributed by atoms with E-state index in [4.69, 9.17) is 21.3 Å². The number of carboxylic acids is 1. The van der Waals surface area contributed by atoms with Crippen molar-refractivity contribution in [3.05, 3.63) is 46.7 Å². The van der Waals surface area contributed by atoms with Crippen LogP contribution in [0.3, 0.4) is 0 Å². The van der Waals surface area contributed by atoms with Gasteiger partial charge in [0.2, 0.25) is 11.8 Å². The van der Waals surface area contributed by atoms with Crippen molar-refractivity contribution in [2.45, 2.75) is 57.4 Å². The van der Waals surface area contributed by atoms with E-state index in [2.05, 4.69) is 4.98 Å². The van der Waals surface area contributed by atoms with E-state index < -0.39 is 17.7 Å². The van der Waals surface area contributed by atoms with Crippen molar-refractivity contribution in [3.63, 3.8) is 0 Å². The summed E-state index contributed by atoms with van der Waals surface area (Å²) in [6.45, 7) is 0. The molecule has 7 nitrogen and oxygen atoms in total. The van der Waals surface area contributed by atoms with Crippen LogP contribution in [0, 0.1) is 17.7 Å². The number of nitrogens with zero attached hydrogens (tertiary/aromatic N) is 3. The Morgan fingerprint density at radius 2 is 1.97 bits per heavy atom. The summed E-state index contributed by atoms with van der Waals surface area (Å²) in [6, 6.07) is 6.64. The Morgan fingerprint density at radius 1 is 1.21 bits per heavy atom. The molecule has 2 aliphatic rings. The first-order chi connectivity index (χ1) is 18.3. The Balaban J connectivity index is 1.47. The minimum Gasteiger partial charge on any atom is -0.481 e. The maximum absolute atomic E-state index is 14.4. The van der Waals surface area contributed by atoms with E-state index in [9.17, 15) is 19.1 Å². The fraction of sp³-hybridized carbons (Fsp3) is 0.429. The van der Waals surface area contributed by atoms with Crippen LogP contribution in [0.5, 0.6) is 5.88 Å². The maximum atomic E-state index is 14.4. The summed E-state index contributed by atoms with van der Waals surface area (Å²) in [7, 11) is 1.36. The van der Waals surface area contributed by atoms with Crippen LogP contribution in [0.25, 0.3) is 22.4 Å². The third-order valence-electron chi connectivity index (χ3n) is 7.28. The quantitative estimate of drug-likeness (QED) is 0.293. The number of methoxy groups -OCH3 is 1. The van der Waals surface area contributed by atoms with Gasteiger partial charge in [0.15, 0.2) is 10.9 Å². The highest BCUT2D eigenvalue weighted by atomic mass is 35.5. The van der Waals surface area contributed by atoms with Gasteiger partial charge in [-0.1, -0.05) is 43.4 Å². The second-order valence-electron chi connectivity index (χ2n) is 10.0. The van der Waals surface area contributed by atoms with Crippen molar-refractivity contribution in [2.75, 3.05) is 12.0 Å². The zero-order chi connectivity index (χ0) is 26.8. The molecule has 2 fully saturated rings. The monoisotopic (exact) mass is 557 g/mol. The van der Waals surface area contributed by atoms with Gasteiger partial charge in [-0.25, -0.2) is 14.4 Å². The van der Waals surface area contributed by atoms with E-state index in [1.807, 2.05) is 5.38 Å². The van der Waals surface area contributed by atoms with Gasteiger partial charge in [0.1, 0.15) is 0 Å². The minimum atomic E-state index is -0.958. The summed E-state index contributed by atoms with van der Waals surface area (Å²) in [4.78, 5) is 36.0. The third kappa shape index (κ3) is 5.83. The highest BCUT2D eigenvalue weighted by Crippen LogP contribution is 2.41.